The first-order valence-corrected chi connectivity index (χ1v) is 9.62. The number of pyridine rings is 1. The van der Waals surface area contributed by atoms with E-state index >= 15 is 0 Å². The molecule has 172 valence electrons. The molecule has 0 aromatic carbocycles. The molecule has 0 saturated carbocycles. The molecular weight excluding hydrogens is 435 g/mol. The molecule has 0 atom stereocenters. The number of hydrogen-bond acceptors (Lipinski definition) is 7. The second-order valence-corrected chi connectivity index (χ2v) is 6.89. The van der Waals surface area contributed by atoms with Crippen molar-refractivity contribution in [2.75, 3.05) is 6.61 Å². The molecular formula is C19H20F3N5O5. The molecule has 3 heterocycles. The number of nitrogens with zero attached hydrogens (tertiary/aromatic N) is 4. The fourth-order valence-electron chi connectivity index (χ4n) is 2.90. The molecule has 3 rings (SSSR count). The highest BCUT2D eigenvalue weighted by Crippen LogP contribution is 2.17. The molecule has 0 unspecified atom stereocenters. The van der Waals surface area contributed by atoms with Gasteiger partial charge in [-0.25, -0.2) is 19.6 Å². The number of carbonyl (C=O) groups excluding carboxylic acids is 1. The monoisotopic (exact) mass is 455 g/mol. The van der Waals surface area contributed by atoms with Crippen LogP contribution in [0.2, 0.25) is 0 Å². The van der Waals surface area contributed by atoms with Gasteiger partial charge in [-0.3, -0.25) is 14.3 Å². The third-order valence-electron chi connectivity index (χ3n) is 4.53. The SMILES string of the molecule is CCCCn1c(=O)[nH]c(=O)c2c1nc(COC(=O)c1ccc(OCC(F)(F)F)nc1)n2C. The van der Waals surface area contributed by atoms with E-state index in [9.17, 15) is 27.6 Å². The Morgan fingerprint density at radius 3 is 2.62 bits per heavy atom. The van der Waals surface area contributed by atoms with E-state index in [1.807, 2.05) is 6.92 Å². The minimum atomic E-state index is -4.51. The molecule has 0 aliphatic rings. The molecule has 13 heteroatoms. The van der Waals surface area contributed by atoms with Crippen molar-refractivity contribution >= 4 is 17.1 Å². The maximum absolute atomic E-state index is 12.3. The number of aromatic nitrogens is 5. The van der Waals surface area contributed by atoms with Gasteiger partial charge in [0, 0.05) is 25.9 Å². The summed E-state index contributed by atoms with van der Waals surface area (Å²) in [6.45, 7) is 0.519. The number of nitrogens with one attached hydrogen (secondary N) is 1. The lowest BCUT2D eigenvalue weighted by molar-refractivity contribution is -0.154. The number of imidazole rings is 1. The first-order valence-electron chi connectivity index (χ1n) is 9.62. The van der Waals surface area contributed by atoms with E-state index in [1.165, 1.54) is 15.2 Å². The van der Waals surface area contributed by atoms with Gasteiger partial charge in [-0.1, -0.05) is 13.3 Å². The van der Waals surface area contributed by atoms with Crippen molar-refractivity contribution < 1.29 is 27.4 Å². The second-order valence-electron chi connectivity index (χ2n) is 6.89. The third-order valence-corrected chi connectivity index (χ3v) is 4.53. The molecule has 3 aromatic rings. The summed E-state index contributed by atoms with van der Waals surface area (Å²) in [6, 6.07) is 2.33. The average molecular weight is 455 g/mol. The maximum atomic E-state index is 12.3. The number of carbonyl (C=O) groups is 1. The second kappa shape index (κ2) is 9.24. The number of H-pyrrole nitrogens is 1. The molecule has 1 N–H and O–H groups in total. The van der Waals surface area contributed by atoms with Crippen LogP contribution >= 0.6 is 0 Å². The van der Waals surface area contributed by atoms with Crippen LogP contribution in [0.3, 0.4) is 0 Å². The summed E-state index contributed by atoms with van der Waals surface area (Å²) in [5.41, 5.74) is -0.838. The zero-order valence-electron chi connectivity index (χ0n) is 17.2. The summed E-state index contributed by atoms with van der Waals surface area (Å²) in [5, 5.41) is 0. The minimum absolute atomic E-state index is 0.0131. The Bertz CT molecular complexity index is 1230. The zero-order chi connectivity index (χ0) is 23.5. The van der Waals surface area contributed by atoms with E-state index in [0.717, 1.165) is 18.7 Å². The number of aryl methyl sites for hydroxylation is 2. The van der Waals surface area contributed by atoms with Crippen molar-refractivity contribution in [3.05, 3.63) is 50.6 Å². The summed E-state index contributed by atoms with van der Waals surface area (Å²) < 4.78 is 49.0. The largest absolute Gasteiger partial charge is 0.468 e. The molecule has 32 heavy (non-hydrogen) atoms. The van der Waals surface area contributed by atoms with Crippen LogP contribution in [0.15, 0.2) is 27.9 Å². The molecule has 0 amide bonds. The van der Waals surface area contributed by atoms with Gasteiger partial charge >= 0.3 is 17.8 Å². The van der Waals surface area contributed by atoms with Gasteiger partial charge in [0.25, 0.3) is 5.56 Å². The number of aromatic amines is 1. The van der Waals surface area contributed by atoms with E-state index < -0.39 is 30.0 Å². The molecule has 0 fully saturated rings. The van der Waals surface area contributed by atoms with Crippen molar-refractivity contribution in [2.24, 2.45) is 7.05 Å². The number of esters is 1. The average Bonchev–Trinajstić information content (AvgIpc) is 3.07. The standard InChI is InChI=1S/C19H20F3N5O5/c1-3-4-7-27-15-14(16(28)25-18(27)30)26(2)12(24-15)9-31-17(29)11-5-6-13(23-8-11)32-10-19(20,21)22/h5-6,8H,3-4,7,9-10H2,1-2H3,(H,25,28,30). The quantitative estimate of drug-likeness (QED) is 0.515. The van der Waals surface area contributed by atoms with Crippen LogP contribution in [0.4, 0.5) is 13.2 Å². The molecule has 10 nitrogen and oxygen atoms in total. The number of ether oxygens (including phenoxy) is 2. The van der Waals surface area contributed by atoms with Gasteiger partial charge in [0.05, 0.1) is 5.56 Å². The van der Waals surface area contributed by atoms with E-state index in [4.69, 9.17) is 4.74 Å². The van der Waals surface area contributed by atoms with Gasteiger partial charge < -0.3 is 14.0 Å². The molecule has 0 aliphatic heterocycles. The Hall–Kier alpha value is -3.64. The Labute approximate surface area is 178 Å². The smallest absolute Gasteiger partial charge is 0.422 e. The van der Waals surface area contributed by atoms with Crippen molar-refractivity contribution in [1.29, 1.82) is 0 Å². The van der Waals surface area contributed by atoms with Gasteiger partial charge in [-0.05, 0) is 12.5 Å². The van der Waals surface area contributed by atoms with Gasteiger partial charge in [0.1, 0.15) is 12.4 Å². The predicted octanol–water partition coefficient (Wildman–Crippen LogP) is 1.92. The molecule has 0 aliphatic carbocycles. The van der Waals surface area contributed by atoms with Crippen molar-refractivity contribution in [1.82, 2.24) is 24.1 Å². The summed E-state index contributed by atoms with van der Waals surface area (Å²) in [7, 11) is 1.55. The summed E-state index contributed by atoms with van der Waals surface area (Å²) in [6.07, 6.45) is -1.94. The number of alkyl halides is 3. The lowest BCUT2D eigenvalue weighted by Gasteiger charge is -2.08. The topological polar surface area (TPSA) is 121 Å². The molecule has 0 spiro atoms. The fraction of sp³-hybridized carbons (Fsp3) is 0.421. The normalized spacial score (nSPS) is 11.7. The highest BCUT2D eigenvalue weighted by molar-refractivity contribution is 5.89. The van der Waals surface area contributed by atoms with Crippen LogP contribution in [-0.2, 0) is 24.9 Å². The van der Waals surface area contributed by atoms with Crippen LogP contribution in [-0.4, -0.2) is 42.8 Å². The highest BCUT2D eigenvalue weighted by Gasteiger charge is 2.28. The minimum Gasteiger partial charge on any atom is -0.468 e. The lowest BCUT2D eigenvalue weighted by Crippen LogP contribution is -2.31. The van der Waals surface area contributed by atoms with Gasteiger partial charge in [0.2, 0.25) is 5.88 Å². The Kier molecular flexibility index (Phi) is 6.65. The third kappa shape index (κ3) is 5.15. The predicted molar refractivity (Wildman–Crippen MR) is 105 cm³/mol. The zero-order valence-corrected chi connectivity index (χ0v) is 17.2. The number of unbranched alkanes of at least 4 members (excludes halogenated alkanes) is 1. The fourth-order valence-corrected chi connectivity index (χ4v) is 2.90. The lowest BCUT2D eigenvalue weighted by atomic mass is 10.3. The van der Waals surface area contributed by atoms with Crippen molar-refractivity contribution in [3.8, 4) is 5.88 Å². The molecule has 0 radical (unpaired) electrons. The molecule has 3 aromatic heterocycles. The van der Waals surface area contributed by atoms with Gasteiger partial charge in [-0.15, -0.1) is 0 Å². The molecule has 0 saturated heterocycles. The van der Waals surface area contributed by atoms with Gasteiger partial charge in [0.15, 0.2) is 17.8 Å². The van der Waals surface area contributed by atoms with Crippen LogP contribution < -0.4 is 16.0 Å². The van der Waals surface area contributed by atoms with E-state index in [-0.39, 0.29) is 35.0 Å². The maximum Gasteiger partial charge on any atom is 0.422 e. The Morgan fingerprint density at radius 1 is 1.25 bits per heavy atom. The van der Waals surface area contributed by atoms with Crippen LogP contribution in [0.1, 0.15) is 35.9 Å². The van der Waals surface area contributed by atoms with E-state index in [2.05, 4.69) is 19.7 Å². The first kappa shape index (κ1) is 23.0. The van der Waals surface area contributed by atoms with Crippen LogP contribution in [0, 0.1) is 0 Å². The van der Waals surface area contributed by atoms with E-state index in [1.54, 1.807) is 7.05 Å². The number of hydrogen-bond donors (Lipinski definition) is 1. The van der Waals surface area contributed by atoms with Gasteiger partial charge in [-0.2, -0.15) is 13.2 Å². The Morgan fingerprint density at radius 2 is 2.00 bits per heavy atom. The van der Waals surface area contributed by atoms with Crippen molar-refractivity contribution in [2.45, 2.75) is 39.1 Å². The molecule has 0 bridgehead atoms. The first-order chi connectivity index (χ1) is 15.1. The summed E-state index contributed by atoms with van der Waals surface area (Å²) in [5.74, 6) is -0.865. The van der Waals surface area contributed by atoms with Crippen molar-refractivity contribution in [3.63, 3.8) is 0 Å². The summed E-state index contributed by atoms with van der Waals surface area (Å²) >= 11 is 0. The van der Waals surface area contributed by atoms with E-state index in [0.29, 0.717) is 13.0 Å². The number of fused-ring (bicyclic) bond motifs is 1. The van der Waals surface area contributed by atoms with Crippen LogP contribution in [0.5, 0.6) is 5.88 Å². The number of halogens is 3. The van der Waals surface area contributed by atoms with Crippen LogP contribution in [0.25, 0.3) is 11.2 Å². The highest BCUT2D eigenvalue weighted by atomic mass is 19.4. The summed E-state index contributed by atoms with van der Waals surface area (Å²) in [4.78, 5) is 46.8. The number of rotatable bonds is 8. The Balaban J connectivity index is 1.75.